The summed E-state index contributed by atoms with van der Waals surface area (Å²) in [5.41, 5.74) is 0.830. The van der Waals surface area contributed by atoms with E-state index in [4.69, 9.17) is 9.47 Å². The van der Waals surface area contributed by atoms with Gasteiger partial charge in [0.25, 0.3) is 5.91 Å². The van der Waals surface area contributed by atoms with Crippen LogP contribution in [-0.4, -0.2) is 48.7 Å². The molecule has 0 aromatic carbocycles. The van der Waals surface area contributed by atoms with Crippen molar-refractivity contribution in [3.63, 3.8) is 0 Å². The Bertz CT molecular complexity index is 711. The van der Waals surface area contributed by atoms with Gasteiger partial charge in [-0.1, -0.05) is 13.3 Å². The van der Waals surface area contributed by atoms with Crippen molar-refractivity contribution in [3.05, 3.63) is 21.9 Å². The van der Waals surface area contributed by atoms with E-state index in [1.165, 1.54) is 7.11 Å². The average Bonchev–Trinajstić information content (AvgIpc) is 3.29. The standard InChI is InChI=1S/C20H28N2O5S/c1-3-4-10-27-20(25)21-17(19(24)26-2)13-5-7-14(8-6-13)22-12-16-15(18(22)23)9-11-28-16/h9,11,13-14,17H,3-8,10,12H2,1-2H3,(H,21,25)/t13-,14-,17?. The lowest BCUT2D eigenvalue weighted by atomic mass is 9.81. The van der Waals surface area contributed by atoms with Gasteiger partial charge in [0.15, 0.2) is 0 Å². The molecule has 1 saturated carbocycles. The normalized spacial score (nSPS) is 22.5. The van der Waals surface area contributed by atoms with Crippen LogP contribution in [0.5, 0.6) is 0 Å². The summed E-state index contributed by atoms with van der Waals surface area (Å²) in [6, 6.07) is 1.36. The molecular formula is C20H28N2O5S. The lowest BCUT2D eigenvalue weighted by Gasteiger charge is -2.36. The number of thiophene rings is 1. The number of hydrogen-bond donors (Lipinski definition) is 1. The molecule has 0 saturated heterocycles. The molecule has 1 aliphatic carbocycles. The summed E-state index contributed by atoms with van der Waals surface area (Å²) in [6.07, 6.45) is 4.26. The number of carbonyl (C=O) groups is 3. The number of amides is 2. The molecule has 7 nitrogen and oxygen atoms in total. The first-order valence-electron chi connectivity index (χ1n) is 9.93. The van der Waals surface area contributed by atoms with Crippen LogP contribution in [0, 0.1) is 5.92 Å². The topological polar surface area (TPSA) is 84.9 Å². The summed E-state index contributed by atoms with van der Waals surface area (Å²) in [5.74, 6) is -0.355. The van der Waals surface area contributed by atoms with Crippen LogP contribution in [0.25, 0.3) is 0 Å². The quantitative estimate of drug-likeness (QED) is 0.553. The van der Waals surface area contributed by atoms with Gasteiger partial charge in [0.05, 0.1) is 25.8 Å². The van der Waals surface area contributed by atoms with E-state index in [9.17, 15) is 14.4 Å². The fourth-order valence-electron chi connectivity index (χ4n) is 4.05. The van der Waals surface area contributed by atoms with Crippen LogP contribution in [-0.2, 0) is 20.8 Å². The monoisotopic (exact) mass is 408 g/mol. The van der Waals surface area contributed by atoms with Crippen molar-refractivity contribution in [1.29, 1.82) is 0 Å². The Kier molecular flexibility index (Phi) is 6.93. The Morgan fingerprint density at radius 1 is 1.32 bits per heavy atom. The summed E-state index contributed by atoms with van der Waals surface area (Å²) >= 11 is 1.63. The first-order valence-corrected chi connectivity index (χ1v) is 10.8. The molecule has 3 rings (SSSR count). The fourth-order valence-corrected chi connectivity index (χ4v) is 4.91. The van der Waals surface area contributed by atoms with Crippen molar-refractivity contribution < 1.29 is 23.9 Å². The summed E-state index contributed by atoms with van der Waals surface area (Å²) in [6.45, 7) is 3.04. The Morgan fingerprint density at radius 3 is 2.71 bits per heavy atom. The molecule has 0 spiro atoms. The van der Waals surface area contributed by atoms with Gasteiger partial charge >= 0.3 is 12.1 Å². The van der Waals surface area contributed by atoms with Gasteiger partial charge in [0, 0.05) is 10.9 Å². The maximum atomic E-state index is 12.6. The summed E-state index contributed by atoms with van der Waals surface area (Å²) in [7, 11) is 1.33. The van der Waals surface area contributed by atoms with E-state index in [0.29, 0.717) is 13.2 Å². The Morgan fingerprint density at radius 2 is 2.07 bits per heavy atom. The molecule has 0 bridgehead atoms. The molecule has 2 heterocycles. The second-order valence-corrected chi connectivity index (χ2v) is 8.39. The largest absolute Gasteiger partial charge is 0.467 e. The van der Waals surface area contributed by atoms with Crippen molar-refractivity contribution in [3.8, 4) is 0 Å². The molecule has 1 N–H and O–H groups in total. The minimum atomic E-state index is -0.712. The van der Waals surface area contributed by atoms with Gasteiger partial charge < -0.3 is 19.7 Å². The van der Waals surface area contributed by atoms with E-state index in [1.54, 1.807) is 11.3 Å². The lowest BCUT2D eigenvalue weighted by molar-refractivity contribution is -0.145. The Hall–Kier alpha value is -2.09. The van der Waals surface area contributed by atoms with E-state index in [0.717, 1.165) is 49.0 Å². The highest BCUT2D eigenvalue weighted by atomic mass is 32.1. The highest BCUT2D eigenvalue weighted by Crippen LogP contribution is 2.36. The van der Waals surface area contributed by atoms with Gasteiger partial charge in [-0.15, -0.1) is 11.3 Å². The van der Waals surface area contributed by atoms with E-state index in [2.05, 4.69) is 5.32 Å². The Labute approximate surface area is 169 Å². The predicted molar refractivity (Wildman–Crippen MR) is 105 cm³/mol. The van der Waals surface area contributed by atoms with Gasteiger partial charge in [-0.2, -0.15) is 0 Å². The summed E-state index contributed by atoms with van der Waals surface area (Å²) < 4.78 is 10.0. The number of ether oxygens (including phenoxy) is 2. The predicted octanol–water partition coefficient (Wildman–Crippen LogP) is 3.33. The van der Waals surface area contributed by atoms with Crippen LogP contribution < -0.4 is 5.32 Å². The van der Waals surface area contributed by atoms with Crippen LogP contribution in [0.1, 0.15) is 60.7 Å². The van der Waals surface area contributed by atoms with Gasteiger partial charge in [-0.3, -0.25) is 4.79 Å². The van der Waals surface area contributed by atoms with Crippen molar-refractivity contribution in [2.24, 2.45) is 5.92 Å². The number of nitrogens with zero attached hydrogens (tertiary/aromatic N) is 1. The minimum absolute atomic E-state index is 0.0193. The minimum Gasteiger partial charge on any atom is -0.467 e. The molecule has 28 heavy (non-hydrogen) atoms. The number of carbonyl (C=O) groups excluding carboxylic acids is 3. The van der Waals surface area contributed by atoms with Crippen LogP contribution in [0.4, 0.5) is 4.79 Å². The molecule has 2 aliphatic rings. The van der Waals surface area contributed by atoms with Crippen molar-refractivity contribution in [2.45, 2.75) is 64.1 Å². The zero-order valence-corrected chi connectivity index (χ0v) is 17.3. The molecule has 154 valence electrons. The molecule has 1 aliphatic heterocycles. The molecule has 1 unspecified atom stereocenters. The highest BCUT2D eigenvalue weighted by molar-refractivity contribution is 7.10. The van der Waals surface area contributed by atoms with E-state index in [1.807, 2.05) is 23.3 Å². The van der Waals surface area contributed by atoms with E-state index >= 15 is 0 Å². The molecule has 1 atom stereocenters. The molecule has 8 heteroatoms. The number of unbranched alkanes of at least 4 members (excludes halogenated alkanes) is 1. The van der Waals surface area contributed by atoms with Crippen molar-refractivity contribution in [1.82, 2.24) is 10.2 Å². The molecular weight excluding hydrogens is 380 g/mol. The van der Waals surface area contributed by atoms with Crippen LogP contribution in [0.2, 0.25) is 0 Å². The third-order valence-electron chi connectivity index (χ3n) is 5.66. The molecule has 0 radical (unpaired) electrons. The molecule has 1 aromatic heterocycles. The van der Waals surface area contributed by atoms with Gasteiger partial charge in [-0.05, 0) is 49.5 Å². The van der Waals surface area contributed by atoms with Crippen LogP contribution in [0.15, 0.2) is 11.4 Å². The van der Waals surface area contributed by atoms with Gasteiger partial charge in [-0.25, -0.2) is 9.59 Å². The number of methoxy groups -OCH3 is 1. The van der Waals surface area contributed by atoms with E-state index < -0.39 is 18.1 Å². The fraction of sp³-hybridized carbons (Fsp3) is 0.650. The van der Waals surface area contributed by atoms with Crippen LogP contribution >= 0.6 is 11.3 Å². The molecule has 1 fully saturated rings. The SMILES string of the molecule is CCCCOC(=O)NC(C(=O)OC)[C@H]1CC[C@H](N2Cc3sccc3C2=O)CC1. The van der Waals surface area contributed by atoms with Crippen molar-refractivity contribution >= 4 is 29.3 Å². The molecule has 2 amide bonds. The summed E-state index contributed by atoms with van der Waals surface area (Å²) in [4.78, 5) is 39.9. The number of alkyl carbamates (subject to hydrolysis) is 1. The zero-order chi connectivity index (χ0) is 20.1. The summed E-state index contributed by atoms with van der Waals surface area (Å²) in [5, 5.41) is 4.65. The maximum absolute atomic E-state index is 12.6. The van der Waals surface area contributed by atoms with Gasteiger partial charge in [0.1, 0.15) is 6.04 Å². The maximum Gasteiger partial charge on any atom is 0.407 e. The third-order valence-corrected chi connectivity index (χ3v) is 6.57. The third kappa shape index (κ3) is 4.48. The van der Waals surface area contributed by atoms with Gasteiger partial charge in [0.2, 0.25) is 0 Å². The number of nitrogens with one attached hydrogen (secondary N) is 1. The number of hydrogen-bond acceptors (Lipinski definition) is 6. The second-order valence-electron chi connectivity index (χ2n) is 7.39. The molecule has 1 aromatic rings. The van der Waals surface area contributed by atoms with E-state index in [-0.39, 0.29) is 17.9 Å². The van der Waals surface area contributed by atoms with Crippen molar-refractivity contribution in [2.75, 3.05) is 13.7 Å². The Balaban J connectivity index is 1.55. The lowest BCUT2D eigenvalue weighted by Crippen LogP contribution is -2.49. The highest BCUT2D eigenvalue weighted by Gasteiger charge is 2.39. The number of rotatable bonds is 7. The second kappa shape index (κ2) is 9.41. The van der Waals surface area contributed by atoms with Crippen LogP contribution in [0.3, 0.4) is 0 Å². The number of fused-ring (bicyclic) bond motifs is 1. The zero-order valence-electron chi connectivity index (χ0n) is 16.4. The number of esters is 1. The first-order chi connectivity index (χ1) is 13.5. The smallest absolute Gasteiger partial charge is 0.407 e. The average molecular weight is 409 g/mol. The first kappa shape index (κ1) is 20.6.